The van der Waals surface area contributed by atoms with Crippen LogP contribution < -0.4 is 11.1 Å². The molecule has 11 heteroatoms. The average molecular weight is 685 g/mol. The fraction of sp³-hybridized carbons (Fsp3) is 0.410. The lowest BCUT2D eigenvalue weighted by Gasteiger charge is -2.36. The monoisotopic (exact) mass is 684 g/mol. The summed E-state index contributed by atoms with van der Waals surface area (Å²) in [5, 5.41) is 16.0. The minimum atomic E-state index is -0.954. The van der Waals surface area contributed by atoms with E-state index < -0.39 is 35.5 Å². The van der Waals surface area contributed by atoms with Crippen LogP contribution in [0.4, 0.5) is 14.5 Å². The Morgan fingerprint density at radius 1 is 1.04 bits per heavy atom. The van der Waals surface area contributed by atoms with Gasteiger partial charge in [0.15, 0.2) is 11.5 Å². The van der Waals surface area contributed by atoms with Crippen molar-refractivity contribution in [1.29, 1.82) is 0 Å². The Labute approximate surface area is 289 Å². The number of nitrogens with two attached hydrogens (primary N) is 1. The second kappa shape index (κ2) is 14.3. The molecular weight excluding hydrogens is 642 g/mol. The molecule has 1 aromatic heterocycles. The van der Waals surface area contributed by atoms with Crippen molar-refractivity contribution >= 4 is 17.6 Å². The Morgan fingerprint density at radius 2 is 1.84 bits per heavy atom. The number of hydrogen-bond donors (Lipinski definition) is 3. The van der Waals surface area contributed by atoms with Gasteiger partial charge in [-0.25, -0.2) is 8.78 Å². The van der Waals surface area contributed by atoms with Gasteiger partial charge in [-0.2, -0.15) is 0 Å². The largest absolute Gasteiger partial charge is 0.481 e. The maximum atomic E-state index is 13.9. The van der Waals surface area contributed by atoms with Crippen molar-refractivity contribution in [3.8, 4) is 22.5 Å². The molecule has 9 nitrogen and oxygen atoms in total. The van der Waals surface area contributed by atoms with Crippen molar-refractivity contribution in [2.45, 2.75) is 63.5 Å². The standard InChI is InChI=1S/C20H21F2N3O4.C19H21NO/c21-12-3-4-13(15(22)7-12)18-8-17(24-29-18)19(26)23-16-5-6-25(9-11-1-2-11)10-14(16)20(27)28;1-12(18-7-4-10-21-18)14-8-9-16-15-6-3-2-5-13(15)11-17(16)19(14)20/h3-4,7-8,11,14,16H,1-2,5-6,9-10H2,(H,23,26)(H,27,28);2-3,5-6,8-9,12,18H,4,7,10-11,20H2,1H3/t14-,16-;/m0./s1. The van der Waals surface area contributed by atoms with E-state index in [0.29, 0.717) is 37.0 Å². The Bertz CT molecular complexity index is 1890. The molecule has 262 valence electrons. The predicted octanol–water partition coefficient (Wildman–Crippen LogP) is 6.66. The van der Waals surface area contributed by atoms with Crippen LogP contribution in [0.25, 0.3) is 22.5 Å². The van der Waals surface area contributed by atoms with E-state index in [1.165, 1.54) is 59.2 Å². The highest BCUT2D eigenvalue weighted by atomic mass is 19.1. The van der Waals surface area contributed by atoms with E-state index in [-0.39, 0.29) is 17.0 Å². The molecule has 3 aromatic carbocycles. The van der Waals surface area contributed by atoms with Crippen LogP contribution in [-0.2, 0) is 16.0 Å². The summed E-state index contributed by atoms with van der Waals surface area (Å²) in [5.41, 5.74) is 14.0. The number of carbonyl (C=O) groups is 2. The van der Waals surface area contributed by atoms with Gasteiger partial charge in [-0.1, -0.05) is 48.5 Å². The van der Waals surface area contributed by atoms with E-state index in [2.05, 4.69) is 58.7 Å². The zero-order chi connectivity index (χ0) is 34.9. The number of aliphatic carboxylic acids is 1. The minimum absolute atomic E-state index is 0.0123. The number of nitrogen functional groups attached to an aromatic ring is 1. The molecule has 2 unspecified atom stereocenters. The van der Waals surface area contributed by atoms with Gasteiger partial charge in [0.25, 0.3) is 5.91 Å². The van der Waals surface area contributed by atoms with Gasteiger partial charge in [0, 0.05) is 62.4 Å². The number of rotatable bonds is 8. The van der Waals surface area contributed by atoms with Crippen LogP contribution in [0.5, 0.6) is 0 Å². The topological polar surface area (TPSA) is 131 Å². The second-order valence-electron chi connectivity index (χ2n) is 14.0. The van der Waals surface area contributed by atoms with E-state index in [0.717, 1.165) is 44.3 Å². The number of hydrogen-bond acceptors (Lipinski definition) is 7. The third-order valence-corrected chi connectivity index (χ3v) is 10.6. The van der Waals surface area contributed by atoms with Crippen molar-refractivity contribution in [1.82, 2.24) is 15.4 Å². The summed E-state index contributed by atoms with van der Waals surface area (Å²) in [7, 11) is 0. The van der Waals surface area contributed by atoms with Crippen LogP contribution in [0.15, 0.2) is 65.2 Å². The third kappa shape index (κ3) is 7.15. The fourth-order valence-electron chi connectivity index (χ4n) is 7.56. The molecule has 8 rings (SSSR count). The zero-order valence-corrected chi connectivity index (χ0v) is 28.0. The van der Waals surface area contributed by atoms with Crippen LogP contribution in [-0.4, -0.2) is 65.4 Å². The van der Waals surface area contributed by atoms with Gasteiger partial charge in [0.2, 0.25) is 0 Å². The summed E-state index contributed by atoms with van der Waals surface area (Å²) >= 11 is 0. The number of fused-ring (bicyclic) bond motifs is 3. The van der Waals surface area contributed by atoms with Crippen LogP contribution in [0, 0.1) is 23.5 Å². The van der Waals surface area contributed by atoms with E-state index in [4.69, 9.17) is 15.0 Å². The van der Waals surface area contributed by atoms with E-state index >= 15 is 0 Å². The Morgan fingerprint density at radius 3 is 2.58 bits per heavy atom. The number of nitrogens with one attached hydrogen (secondary N) is 1. The Balaban J connectivity index is 0.000000165. The van der Waals surface area contributed by atoms with Crippen LogP contribution in [0.2, 0.25) is 0 Å². The van der Waals surface area contributed by atoms with Crippen molar-refractivity contribution in [3.63, 3.8) is 0 Å². The van der Waals surface area contributed by atoms with Gasteiger partial charge in [0.05, 0.1) is 17.6 Å². The first-order chi connectivity index (χ1) is 24.2. The molecule has 2 saturated heterocycles. The van der Waals surface area contributed by atoms with Gasteiger partial charge in [-0.3, -0.25) is 9.59 Å². The molecule has 4 aliphatic rings. The molecular formula is C39H42F2N4O5. The first kappa shape index (κ1) is 33.9. The molecule has 0 radical (unpaired) electrons. The number of carboxylic acids is 1. The summed E-state index contributed by atoms with van der Waals surface area (Å²) in [6, 6.07) is 16.8. The number of amides is 1. The lowest BCUT2D eigenvalue weighted by atomic mass is 9.89. The van der Waals surface area contributed by atoms with Gasteiger partial charge in [-0.15, -0.1) is 0 Å². The highest BCUT2D eigenvalue weighted by Crippen LogP contribution is 2.43. The van der Waals surface area contributed by atoms with E-state index in [1.54, 1.807) is 0 Å². The number of carboxylic acid groups (broad SMARTS) is 1. The van der Waals surface area contributed by atoms with Crippen molar-refractivity contribution in [3.05, 3.63) is 94.7 Å². The molecule has 0 bridgehead atoms. The Hall–Kier alpha value is -4.61. The first-order valence-electron chi connectivity index (χ1n) is 17.5. The number of ether oxygens (including phenoxy) is 1. The molecule has 1 amide bonds. The van der Waals surface area contributed by atoms with Crippen LogP contribution in [0.1, 0.15) is 72.1 Å². The molecule has 4 aromatic rings. The lowest BCUT2D eigenvalue weighted by molar-refractivity contribution is -0.144. The smallest absolute Gasteiger partial charge is 0.309 e. The van der Waals surface area contributed by atoms with Crippen molar-refractivity contribution in [2.24, 2.45) is 11.8 Å². The fourth-order valence-corrected chi connectivity index (χ4v) is 7.56. The summed E-state index contributed by atoms with van der Waals surface area (Å²) < 4.78 is 37.8. The van der Waals surface area contributed by atoms with Gasteiger partial charge < -0.3 is 30.3 Å². The number of piperidine rings is 1. The predicted molar refractivity (Wildman–Crippen MR) is 185 cm³/mol. The first-order valence-corrected chi connectivity index (χ1v) is 17.5. The third-order valence-electron chi connectivity index (χ3n) is 10.6. The number of anilines is 1. The molecule has 3 heterocycles. The summed E-state index contributed by atoms with van der Waals surface area (Å²) in [6.07, 6.45) is 6.52. The van der Waals surface area contributed by atoms with Crippen LogP contribution in [0.3, 0.4) is 0 Å². The highest BCUT2D eigenvalue weighted by molar-refractivity contribution is 5.93. The minimum Gasteiger partial charge on any atom is -0.481 e. The molecule has 4 N–H and O–H groups in total. The summed E-state index contributed by atoms with van der Waals surface area (Å²) in [4.78, 5) is 26.4. The number of carbonyl (C=O) groups excluding carboxylic acids is 1. The number of likely N-dealkylation sites (tertiary alicyclic amines) is 1. The van der Waals surface area contributed by atoms with E-state index in [1.807, 2.05) is 0 Å². The van der Waals surface area contributed by atoms with Crippen molar-refractivity contribution < 1.29 is 32.7 Å². The van der Waals surface area contributed by atoms with Crippen LogP contribution >= 0.6 is 0 Å². The highest BCUT2D eigenvalue weighted by Gasteiger charge is 2.37. The number of halogens is 2. The lowest BCUT2D eigenvalue weighted by Crippen LogP contribution is -2.53. The van der Waals surface area contributed by atoms with Crippen molar-refractivity contribution in [2.75, 3.05) is 32.0 Å². The molecule has 2 aliphatic heterocycles. The molecule has 50 heavy (non-hydrogen) atoms. The average Bonchev–Trinajstić information content (AvgIpc) is 3.47. The molecule has 3 fully saturated rings. The summed E-state index contributed by atoms with van der Waals surface area (Å²) in [6.45, 7) is 5.15. The van der Waals surface area contributed by atoms with Gasteiger partial charge in [-0.05, 0) is 78.0 Å². The quantitative estimate of drug-likeness (QED) is 0.155. The normalized spacial score (nSPS) is 21.9. The number of aromatic nitrogens is 1. The maximum Gasteiger partial charge on any atom is 0.309 e. The number of benzene rings is 3. The number of nitrogens with zero attached hydrogens (tertiary/aromatic N) is 2. The molecule has 2 aliphatic carbocycles. The molecule has 0 spiro atoms. The zero-order valence-electron chi connectivity index (χ0n) is 28.0. The SMILES string of the molecule is CC(c1ccc2c(c1N)Cc1ccccc1-2)C1CCCO1.O=C(N[C@H]1CCN(CC2CC2)C[C@@H]1C(=O)O)c1cc(-c2ccc(F)cc2F)on1. The van der Waals surface area contributed by atoms with Gasteiger partial charge in [0.1, 0.15) is 11.6 Å². The maximum absolute atomic E-state index is 13.9. The second-order valence-corrected chi connectivity index (χ2v) is 14.0. The molecule has 1 saturated carbocycles. The van der Waals surface area contributed by atoms with E-state index in [9.17, 15) is 23.5 Å². The summed E-state index contributed by atoms with van der Waals surface area (Å²) in [5.74, 6) is -2.79. The molecule has 4 atom stereocenters. The Kier molecular flexibility index (Phi) is 9.70. The van der Waals surface area contributed by atoms with Gasteiger partial charge >= 0.3 is 5.97 Å².